The fourth-order valence-corrected chi connectivity index (χ4v) is 2.53. The number of carbonyl (C=O) groups is 5. The average Bonchev–Trinajstić information content (AvgIpc) is 2.54. The van der Waals surface area contributed by atoms with E-state index in [1.54, 1.807) is 0 Å². The maximum absolute atomic E-state index is 11.6. The van der Waals surface area contributed by atoms with Crippen LogP contribution in [0.5, 0.6) is 0 Å². The first-order valence-corrected chi connectivity index (χ1v) is 8.89. The number of rotatable bonds is 12. The lowest BCUT2D eigenvalue weighted by Crippen LogP contribution is -2.48. The molecule has 0 aromatic carbocycles. The molecule has 0 aliphatic carbocycles. The van der Waals surface area contributed by atoms with Gasteiger partial charge in [0.25, 0.3) is 0 Å². The van der Waals surface area contributed by atoms with Crippen LogP contribution in [0.25, 0.3) is 0 Å². The quantitative estimate of drug-likeness (QED) is 0.260. The summed E-state index contributed by atoms with van der Waals surface area (Å²) in [5.74, 6) is -3.42. The van der Waals surface area contributed by atoms with Crippen molar-refractivity contribution in [3.05, 3.63) is 12.7 Å². The summed E-state index contributed by atoms with van der Waals surface area (Å²) in [5, 5.41) is 0. The highest BCUT2D eigenvalue weighted by atomic mass is 16.6. The minimum atomic E-state index is -1.32. The van der Waals surface area contributed by atoms with Gasteiger partial charge in [-0.1, -0.05) is 6.08 Å². The van der Waals surface area contributed by atoms with Crippen LogP contribution in [0.15, 0.2) is 12.7 Å². The summed E-state index contributed by atoms with van der Waals surface area (Å²) >= 11 is 0. The highest BCUT2D eigenvalue weighted by Gasteiger charge is 2.39. The maximum atomic E-state index is 11.6. The largest absolute Gasteiger partial charge is 0.462 e. The van der Waals surface area contributed by atoms with Gasteiger partial charge in [0, 0.05) is 47.5 Å². The molecular weight excluding hydrogens is 388 g/mol. The van der Waals surface area contributed by atoms with Crippen LogP contribution in [-0.4, -0.2) is 60.9 Å². The van der Waals surface area contributed by atoms with Crippen LogP contribution < -0.4 is 0 Å². The second kappa shape index (κ2) is 13.3. The third kappa shape index (κ3) is 12.2. The zero-order chi connectivity index (χ0) is 22.6. The van der Waals surface area contributed by atoms with Gasteiger partial charge in [0.05, 0.1) is 0 Å². The fourth-order valence-electron chi connectivity index (χ4n) is 2.53. The molecule has 4 atom stereocenters. The molecule has 0 N–H and O–H groups in total. The summed E-state index contributed by atoms with van der Waals surface area (Å²) in [6.45, 7) is 8.87. The molecular formula is C19H28O10. The molecule has 0 aromatic rings. The Morgan fingerprint density at radius 2 is 1.21 bits per heavy atom. The summed E-state index contributed by atoms with van der Waals surface area (Å²) in [6.07, 6.45) is -2.84. The molecule has 10 nitrogen and oxygen atoms in total. The van der Waals surface area contributed by atoms with E-state index >= 15 is 0 Å². The van der Waals surface area contributed by atoms with E-state index in [1.165, 1.54) is 13.0 Å². The van der Waals surface area contributed by atoms with Crippen molar-refractivity contribution < 1.29 is 47.7 Å². The van der Waals surface area contributed by atoms with Crippen molar-refractivity contribution in [1.82, 2.24) is 0 Å². The third-order valence-corrected chi connectivity index (χ3v) is 3.38. The summed E-state index contributed by atoms with van der Waals surface area (Å²) in [5.41, 5.74) is 0. The Morgan fingerprint density at radius 3 is 1.62 bits per heavy atom. The summed E-state index contributed by atoms with van der Waals surface area (Å²) in [6, 6.07) is 0. The first kappa shape index (κ1) is 26.1. The molecule has 0 heterocycles. The fraction of sp³-hybridized carbons (Fsp3) is 0.632. The topological polar surface area (TPSA) is 132 Å². The first-order chi connectivity index (χ1) is 13.5. The van der Waals surface area contributed by atoms with E-state index in [1.807, 2.05) is 0 Å². The summed E-state index contributed by atoms with van der Waals surface area (Å²) in [7, 11) is 0. The molecule has 0 saturated carbocycles. The van der Waals surface area contributed by atoms with Gasteiger partial charge in [-0.15, -0.1) is 6.58 Å². The minimum absolute atomic E-state index is 0.0824. The Bertz CT molecular complexity index is 612. The molecule has 0 spiro atoms. The number of carbonyl (C=O) groups excluding carboxylic acids is 5. The molecule has 29 heavy (non-hydrogen) atoms. The van der Waals surface area contributed by atoms with E-state index in [4.69, 9.17) is 23.7 Å². The second-order valence-corrected chi connectivity index (χ2v) is 6.16. The molecule has 10 heteroatoms. The van der Waals surface area contributed by atoms with Crippen LogP contribution >= 0.6 is 0 Å². The van der Waals surface area contributed by atoms with Gasteiger partial charge in [0.1, 0.15) is 18.8 Å². The van der Waals surface area contributed by atoms with Crippen LogP contribution in [0.2, 0.25) is 0 Å². The van der Waals surface area contributed by atoms with Crippen LogP contribution in [-0.2, 0) is 47.7 Å². The molecule has 0 aliphatic heterocycles. The van der Waals surface area contributed by atoms with Gasteiger partial charge in [0.2, 0.25) is 0 Å². The Morgan fingerprint density at radius 1 is 0.724 bits per heavy atom. The lowest BCUT2D eigenvalue weighted by molar-refractivity contribution is -0.192. The molecule has 0 radical (unpaired) electrons. The van der Waals surface area contributed by atoms with Crippen LogP contribution in [0.3, 0.4) is 0 Å². The Kier molecular flexibility index (Phi) is 12.0. The smallest absolute Gasteiger partial charge is 0.303 e. The van der Waals surface area contributed by atoms with Gasteiger partial charge in [-0.05, 0) is 0 Å². The Hall–Kier alpha value is -2.91. The SMILES string of the molecule is C=CCC(C[C@@H](OC(C)=O)[C@H](OC(C)=O)[C@@H](COC(C)=O)OC(C)=O)OC(C)=O. The highest BCUT2D eigenvalue weighted by molar-refractivity contribution is 5.69. The molecule has 0 fully saturated rings. The van der Waals surface area contributed by atoms with Crippen LogP contribution in [0.4, 0.5) is 0 Å². The third-order valence-electron chi connectivity index (χ3n) is 3.38. The van der Waals surface area contributed by atoms with E-state index in [-0.39, 0.29) is 12.8 Å². The first-order valence-electron chi connectivity index (χ1n) is 8.89. The predicted octanol–water partition coefficient (Wildman–Crippen LogP) is 1.24. The molecule has 164 valence electrons. The summed E-state index contributed by atoms with van der Waals surface area (Å²) in [4.78, 5) is 57.3. The van der Waals surface area contributed by atoms with Gasteiger partial charge in [-0.3, -0.25) is 24.0 Å². The van der Waals surface area contributed by atoms with Gasteiger partial charge in [0.15, 0.2) is 12.2 Å². The molecule has 0 bridgehead atoms. The minimum Gasteiger partial charge on any atom is -0.462 e. The second-order valence-electron chi connectivity index (χ2n) is 6.16. The number of esters is 5. The molecule has 0 amide bonds. The standard InChI is InChI=1S/C19H28O10/c1-7-8-16(26-12(3)21)9-17(27-13(4)22)19(29-15(6)24)18(28-14(5)23)10-25-11(2)20/h7,16-19H,1,8-10H2,2-6H3/t16?,17-,18-,19+/m1/s1. The lowest BCUT2D eigenvalue weighted by Gasteiger charge is -2.33. The van der Waals surface area contributed by atoms with Crippen molar-refractivity contribution in [2.24, 2.45) is 0 Å². The summed E-state index contributed by atoms with van der Waals surface area (Å²) < 4.78 is 25.7. The zero-order valence-corrected chi connectivity index (χ0v) is 17.3. The van der Waals surface area contributed by atoms with E-state index in [0.29, 0.717) is 0 Å². The number of hydrogen-bond acceptors (Lipinski definition) is 10. The van der Waals surface area contributed by atoms with E-state index < -0.39 is 60.9 Å². The van der Waals surface area contributed by atoms with Crippen LogP contribution in [0, 0.1) is 0 Å². The van der Waals surface area contributed by atoms with Gasteiger partial charge >= 0.3 is 29.8 Å². The van der Waals surface area contributed by atoms with Crippen molar-refractivity contribution >= 4 is 29.8 Å². The van der Waals surface area contributed by atoms with E-state index in [9.17, 15) is 24.0 Å². The normalized spacial score (nSPS) is 14.4. The molecule has 0 rings (SSSR count). The monoisotopic (exact) mass is 416 g/mol. The zero-order valence-electron chi connectivity index (χ0n) is 17.3. The predicted molar refractivity (Wildman–Crippen MR) is 98.3 cm³/mol. The Balaban J connectivity index is 5.90. The van der Waals surface area contributed by atoms with Crippen molar-refractivity contribution in [3.8, 4) is 0 Å². The number of ether oxygens (including phenoxy) is 5. The van der Waals surface area contributed by atoms with Gasteiger partial charge < -0.3 is 23.7 Å². The molecule has 0 saturated heterocycles. The lowest BCUT2D eigenvalue weighted by atomic mass is 9.99. The van der Waals surface area contributed by atoms with E-state index in [0.717, 1.165) is 27.7 Å². The highest BCUT2D eigenvalue weighted by Crippen LogP contribution is 2.21. The van der Waals surface area contributed by atoms with E-state index in [2.05, 4.69) is 6.58 Å². The van der Waals surface area contributed by atoms with Crippen molar-refractivity contribution in [2.75, 3.05) is 6.61 Å². The van der Waals surface area contributed by atoms with Crippen molar-refractivity contribution in [3.63, 3.8) is 0 Å². The van der Waals surface area contributed by atoms with Gasteiger partial charge in [-0.25, -0.2) is 0 Å². The molecule has 1 unspecified atom stereocenters. The number of hydrogen-bond donors (Lipinski definition) is 0. The maximum Gasteiger partial charge on any atom is 0.303 e. The average molecular weight is 416 g/mol. The molecule has 0 aliphatic rings. The Labute approximate surface area is 169 Å². The molecule has 0 aromatic heterocycles. The van der Waals surface area contributed by atoms with Crippen LogP contribution in [0.1, 0.15) is 47.5 Å². The van der Waals surface area contributed by atoms with Crippen molar-refractivity contribution in [1.29, 1.82) is 0 Å². The van der Waals surface area contributed by atoms with Gasteiger partial charge in [-0.2, -0.15) is 0 Å². The van der Waals surface area contributed by atoms with Crippen molar-refractivity contribution in [2.45, 2.75) is 71.9 Å².